The molecule has 1 aromatic heterocycles. The van der Waals surface area contributed by atoms with Crippen LogP contribution in [0.3, 0.4) is 0 Å². The fourth-order valence-corrected chi connectivity index (χ4v) is 1.37. The lowest BCUT2D eigenvalue weighted by molar-refractivity contribution is -0.134. The quantitative estimate of drug-likeness (QED) is 0.348. The fourth-order valence-electron chi connectivity index (χ4n) is 0.981. The third-order valence-electron chi connectivity index (χ3n) is 1.68. The number of nitrogens with zero attached hydrogens (tertiary/aromatic N) is 2. The van der Waals surface area contributed by atoms with Crippen molar-refractivity contribution in [3.63, 3.8) is 0 Å². The van der Waals surface area contributed by atoms with E-state index in [9.17, 15) is 9.59 Å². The van der Waals surface area contributed by atoms with E-state index in [4.69, 9.17) is 5.73 Å². The van der Waals surface area contributed by atoms with Crippen LogP contribution in [0.4, 0.5) is 11.5 Å². The Morgan fingerprint density at radius 3 is 2.94 bits per heavy atom. The predicted molar refractivity (Wildman–Crippen MR) is 65.8 cm³/mol. The van der Waals surface area contributed by atoms with Crippen molar-refractivity contribution in [1.82, 2.24) is 9.97 Å². The van der Waals surface area contributed by atoms with Gasteiger partial charge in [0.05, 0.1) is 6.61 Å². The van der Waals surface area contributed by atoms with Gasteiger partial charge in [0.1, 0.15) is 6.21 Å². The van der Waals surface area contributed by atoms with Crippen molar-refractivity contribution in [3.8, 4) is 0 Å². The van der Waals surface area contributed by atoms with E-state index in [0.717, 1.165) is 6.21 Å². The summed E-state index contributed by atoms with van der Waals surface area (Å²) in [7, 11) is 0. The Labute approximate surface area is 101 Å². The maximum atomic E-state index is 11.5. The van der Waals surface area contributed by atoms with Gasteiger partial charge in [0, 0.05) is 0 Å². The number of nitrogens with two attached hydrogens (primary N) is 1. The highest BCUT2D eigenvalue weighted by Crippen LogP contribution is 2.16. The van der Waals surface area contributed by atoms with Crippen LogP contribution >= 0.6 is 11.8 Å². The van der Waals surface area contributed by atoms with Crippen LogP contribution in [-0.4, -0.2) is 35.0 Å². The fraction of sp³-hybridized carbons (Fsp3) is 0.333. The Kier molecular flexibility index (Phi) is 4.70. The van der Waals surface area contributed by atoms with Crippen LogP contribution in [-0.2, 0) is 9.53 Å². The molecule has 0 radical (unpaired) electrons. The van der Waals surface area contributed by atoms with E-state index in [0.29, 0.717) is 5.16 Å². The van der Waals surface area contributed by atoms with Crippen molar-refractivity contribution in [2.24, 2.45) is 4.99 Å². The largest absolute Gasteiger partial charge is 0.462 e. The Hall–Kier alpha value is -1.83. The first-order chi connectivity index (χ1) is 8.08. The first kappa shape index (κ1) is 13.2. The first-order valence-electron chi connectivity index (χ1n) is 4.73. The van der Waals surface area contributed by atoms with Crippen LogP contribution in [0.15, 0.2) is 14.9 Å². The number of anilines is 1. The number of rotatable bonds is 4. The average molecular weight is 256 g/mol. The smallest absolute Gasteiger partial charge is 0.349 e. The molecule has 8 heteroatoms. The monoisotopic (exact) mass is 256 g/mol. The second-order valence-corrected chi connectivity index (χ2v) is 3.61. The maximum Gasteiger partial charge on any atom is 0.349 e. The van der Waals surface area contributed by atoms with Crippen LogP contribution < -0.4 is 11.3 Å². The van der Waals surface area contributed by atoms with E-state index in [2.05, 4.69) is 19.7 Å². The zero-order chi connectivity index (χ0) is 12.8. The van der Waals surface area contributed by atoms with Gasteiger partial charge in [0.25, 0.3) is 5.56 Å². The van der Waals surface area contributed by atoms with Crippen molar-refractivity contribution >= 4 is 35.5 Å². The van der Waals surface area contributed by atoms with Crippen LogP contribution in [0.25, 0.3) is 0 Å². The molecule has 3 N–H and O–H groups in total. The molecule has 0 aromatic carbocycles. The van der Waals surface area contributed by atoms with E-state index in [1.807, 2.05) is 0 Å². The summed E-state index contributed by atoms with van der Waals surface area (Å²) >= 11 is 1.25. The molecule has 0 aliphatic rings. The highest BCUT2D eigenvalue weighted by Gasteiger charge is 2.07. The number of aliphatic imine (C=N–C) groups is 1. The number of aromatic nitrogens is 2. The van der Waals surface area contributed by atoms with E-state index in [1.54, 1.807) is 13.2 Å². The molecular weight excluding hydrogens is 244 g/mol. The Morgan fingerprint density at radius 2 is 2.41 bits per heavy atom. The summed E-state index contributed by atoms with van der Waals surface area (Å²) in [5, 5.41) is 0.391. The van der Waals surface area contributed by atoms with Crippen LogP contribution in [0.1, 0.15) is 6.92 Å². The van der Waals surface area contributed by atoms with Crippen LogP contribution in [0.5, 0.6) is 0 Å². The number of hydrogen-bond acceptors (Lipinski definition) is 7. The third-order valence-corrected chi connectivity index (χ3v) is 2.26. The van der Waals surface area contributed by atoms with E-state index >= 15 is 0 Å². The predicted octanol–water partition coefficient (Wildman–Crippen LogP) is 0.339. The minimum Gasteiger partial charge on any atom is -0.462 e. The number of H-pyrrole nitrogens is 1. The summed E-state index contributed by atoms with van der Waals surface area (Å²) < 4.78 is 4.62. The molecule has 0 aliphatic heterocycles. The van der Waals surface area contributed by atoms with Gasteiger partial charge < -0.3 is 10.5 Å². The summed E-state index contributed by atoms with van der Waals surface area (Å²) in [4.78, 5) is 32.6. The molecule has 7 nitrogen and oxygen atoms in total. The molecule has 17 heavy (non-hydrogen) atoms. The van der Waals surface area contributed by atoms with Gasteiger partial charge in [-0.05, 0) is 13.2 Å². The number of carbonyl (C=O) groups is 1. The van der Waals surface area contributed by atoms with E-state index < -0.39 is 11.5 Å². The summed E-state index contributed by atoms with van der Waals surface area (Å²) in [6.07, 6.45) is 2.64. The maximum absolute atomic E-state index is 11.5. The van der Waals surface area contributed by atoms with Crippen molar-refractivity contribution in [1.29, 1.82) is 0 Å². The van der Waals surface area contributed by atoms with Gasteiger partial charge in [-0.25, -0.2) is 14.8 Å². The van der Waals surface area contributed by atoms with Gasteiger partial charge >= 0.3 is 5.97 Å². The minimum absolute atomic E-state index is 0.0290. The molecule has 0 atom stereocenters. The Morgan fingerprint density at radius 1 is 1.71 bits per heavy atom. The number of esters is 1. The van der Waals surface area contributed by atoms with Gasteiger partial charge in [0.15, 0.2) is 16.7 Å². The number of ether oxygens (including phenoxy) is 1. The van der Waals surface area contributed by atoms with Crippen molar-refractivity contribution in [2.45, 2.75) is 12.1 Å². The molecule has 0 saturated carbocycles. The highest BCUT2D eigenvalue weighted by molar-refractivity contribution is 7.98. The zero-order valence-electron chi connectivity index (χ0n) is 9.39. The second kappa shape index (κ2) is 6.04. The summed E-state index contributed by atoms with van der Waals surface area (Å²) in [5.41, 5.74) is 4.95. The molecule has 0 unspecified atom stereocenters. The molecule has 0 amide bonds. The normalized spacial score (nSPS) is 10.7. The first-order valence-corrected chi connectivity index (χ1v) is 5.95. The molecular formula is C9H12N4O3S. The molecule has 0 bridgehead atoms. The molecule has 0 fully saturated rings. The van der Waals surface area contributed by atoms with Crippen molar-refractivity contribution < 1.29 is 9.53 Å². The van der Waals surface area contributed by atoms with Gasteiger partial charge in [-0.15, -0.1) is 0 Å². The van der Waals surface area contributed by atoms with E-state index in [1.165, 1.54) is 11.8 Å². The lowest BCUT2D eigenvalue weighted by atomic mass is 10.5. The van der Waals surface area contributed by atoms with Crippen LogP contribution in [0.2, 0.25) is 0 Å². The number of nitrogen functional groups attached to an aromatic ring is 1. The zero-order valence-corrected chi connectivity index (χ0v) is 10.2. The lowest BCUT2D eigenvalue weighted by Gasteiger charge is -2.00. The van der Waals surface area contributed by atoms with Gasteiger partial charge in [-0.1, -0.05) is 11.8 Å². The molecule has 0 saturated heterocycles. The topological polar surface area (TPSA) is 110 Å². The van der Waals surface area contributed by atoms with Gasteiger partial charge in [-0.2, -0.15) is 0 Å². The molecule has 1 rings (SSSR count). The number of carbonyl (C=O) groups excluding carboxylic acids is 1. The average Bonchev–Trinajstić information content (AvgIpc) is 2.28. The highest BCUT2D eigenvalue weighted by atomic mass is 32.2. The van der Waals surface area contributed by atoms with Crippen molar-refractivity contribution in [2.75, 3.05) is 18.6 Å². The lowest BCUT2D eigenvalue weighted by Crippen LogP contribution is -2.12. The van der Waals surface area contributed by atoms with Gasteiger partial charge in [0.2, 0.25) is 0 Å². The number of thioether (sulfide) groups is 1. The second-order valence-electron chi connectivity index (χ2n) is 2.82. The third kappa shape index (κ3) is 3.59. The SMILES string of the molecule is CCOC(=O)C=Nc1c(N)nc(SC)[nH]c1=O. The van der Waals surface area contributed by atoms with Crippen LogP contribution in [0, 0.1) is 0 Å². The molecule has 0 spiro atoms. The number of hydrogen-bond donors (Lipinski definition) is 2. The van der Waals surface area contributed by atoms with E-state index in [-0.39, 0.29) is 18.1 Å². The Balaban J connectivity index is 3.00. The molecule has 92 valence electrons. The summed E-state index contributed by atoms with van der Waals surface area (Å²) in [5.74, 6) is -0.668. The minimum atomic E-state index is -0.639. The number of nitrogens with one attached hydrogen (secondary N) is 1. The molecule has 1 aromatic rings. The molecule has 0 aliphatic carbocycles. The molecule has 1 heterocycles. The van der Waals surface area contributed by atoms with Gasteiger partial charge in [-0.3, -0.25) is 9.78 Å². The summed E-state index contributed by atoms with van der Waals surface area (Å²) in [6, 6.07) is 0. The number of aromatic amines is 1. The summed E-state index contributed by atoms with van der Waals surface area (Å²) in [6.45, 7) is 1.90. The Bertz CT molecular complexity index is 498. The standard InChI is InChI=1S/C9H12N4O3S/c1-3-16-5(14)4-11-6-7(10)12-9(17-2)13-8(6)15/h4H,3H2,1-2H3,(H3,10,12,13,15). The van der Waals surface area contributed by atoms with Crippen molar-refractivity contribution in [3.05, 3.63) is 10.4 Å².